The summed E-state index contributed by atoms with van der Waals surface area (Å²) in [5, 5.41) is 91.0. The number of carboxylic acid groups (broad SMARTS) is 2. The van der Waals surface area contributed by atoms with Gasteiger partial charge in [-0.3, -0.25) is 38.8 Å². The fraction of sp³-hybridized carbons (Fsp3) is 0.743. The summed E-state index contributed by atoms with van der Waals surface area (Å²) in [6, 6.07) is -11.9. The summed E-state index contributed by atoms with van der Waals surface area (Å²) in [6.45, 7) is 0.704. The molecule has 24 nitrogen and oxygen atoms in total. The maximum Gasteiger partial charge on any atom is 0.335 e. The fourth-order valence-electron chi connectivity index (χ4n) is 5.78. The molecule has 1 aliphatic rings. The summed E-state index contributed by atoms with van der Waals surface area (Å²) >= 11 is 0. The first-order chi connectivity index (χ1) is 27.8. The van der Waals surface area contributed by atoms with Gasteiger partial charge in [-0.05, 0) is 26.2 Å². The van der Waals surface area contributed by atoms with Gasteiger partial charge in [-0.15, -0.1) is 0 Å². The Kier molecular flexibility index (Phi) is 23.7. The number of aliphatic hydroxyl groups is 5. The van der Waals surface area contributed by atoms with Gasteiger partial charge in [-0.2, -0.15) is 0 Å². The van der Waals surface area contributed by atoms with Crippen molar-refractivity contribution in [3.63, 3.8) is 0 Å². The molecule has 0 radical (unpaired) electrons. The van der Waals surface area contributed by atoms with Crippen LogP contribution in [0.4, 0.5) is 0 Å². The average molecular weight is 850 g/mol. The Bertz CT molecular complexity index is 1450. The maximum absolute atomic E-state index is 13.3. The van der Waals surface area contributed by atoms with Crippen LogP contribution >= 0.6 is 0 Å². The maximum atomic E-state index is 13.3. The van der Waals surface area contributed by atoms with Crippen molar-refractivity contribution in [1.82, 2.24) is 37.0 Å². The van der Waals surface area contributed by atoms with E-state index < -0.39 is 121 Å². The Balaban J connectivity index is 3.04. The molecule has 0 aliphatic carbocycles. The van der Waals surface area contributed by atoms with Crippen LogP contribution in [0, 0.1) is 0 Å². The highest BCUT2D eigenvalue weighted by Crippen LogP contribution is 2.12. The lowest BCUT2D eigenvalue weighted by molar-refractivity contribution is -0.173. The number of aliphatic hydroxyl groups excluding tert-OH is 5. The van der Waals surface area contributed by atoms with E-state index in [-0.39, 0.29) is 19.4 Å². The van der Waals surface area contributed by atoms with Gasteiger partial charge in [0.25, 0.3) is 5.91 Å². The number of piperidine rings is 1. The second kappa shape index (κ2) is 26.9. The van der Waals surface area contributed by atoms with Crippen molar-refractivity contribution in [3.8, 4) is 0 Å². The second-order valence-electron chi connectivity index (χ2n) is 14.1. The molecular weight excluding hydrogens is 790 g/mol. The topological polar surface area (TPSA) is 391 Å². The van der Waals surface area contributed by atoms with E-state index in [2.05, 4.69) is 17.6 Å². The van der Waals surface area contributed by atoms with Crippen LogP contribution < -0.4 is 31.9 Å². The molecule has 7 amide bonds. The summed E-state index contributed by atoms with van der Waals surface area (Å²) in [5.41, 5.74) is 0. The highest BCUT2D eigenvalue weighted by Gasteiger charge is 2.40. The number of nitrogens with zero attached hydrogens (tertiary/aromatic N) is 1. The van der Waals surface area contributed by atoms with E-state index in [0.717, 1.165) is 51.9 Å². The van der Waals surface area contributed by atoms with E-state index in [1.807, 2.05) is 16.0 Å². The number of hydrogen-bond acceptors (Lipinski definition) is 15. The monoisotopic (exact) mass is 849 g/mol. The Morgan fingerprint density at radius 2 is 1.08 bits per heavy atom. The Morgan fingerprint density at radius 1 is 0.644 bits per heavy atom. The molecule has 9 atom stereocenters. The summed E-state index contributed by atoms with van der Waals surface area (Å²) < 4.78 is 0. The zero-order chi connectivity index (χ0) is 44.8. The smallest absolute Gasteiger partial charge is 0.335 e. The minimum atomic E-state index is -2.79. The van der Waals surface area contributed by atoms with Crippen molar-refractivity contribution in [2.75, 3.05) is 19.8 Å². The number of rotatable bonds is 28. The molecule has 0 spiro atoms. The molecular formula is C35H59N7O17. The molecule has 59 heavy (non-hydrogen) atoms. The number of carbonyl (C=O) groups excluding carboxylic acids is 7. The van der Waals surface area contributed by atoms with Crippen molar-refractivity contribution in [2.45, 2.75) is 145 Å². The number of unbranched alkanes of at least 4 members (excludes halogenated alkanes) is 8. The first-order valence-electron chi connectivity index (χ1n) is 19.3. The number of aliphatic carboxylic acids is 2. The van der Waals surface area contributed by atoms with Crippen LogP contribution in [-0.4, -0.2) is 174 Å². The molecule has 0 saturated carbocycles. The first-order valence-corrected chi connectivity index (χ1v) is 19.3. The number of amides is 7. The second-order valence-corrected chi connectivity index (χ2v) is 14.1. The molecule has 0 aromatic carbocycles. The van der Waals surface area contributed by atoms with Crippen LogP contribution in [0.25, 0.3) is 0 Å². The van der Waals surface area contributed by atoms with E-state index in [9.17, 15) is 84.1 Å². The van der Waals surface area contributed by atoms with Gasteiger partial charge in [0.2, 0.25) is 35.4 Å². The largest absolute Gasteiger partial charge is 0.479 e. The summed E-state index contributed by atoms with van der Waals surface area (Å²) in [6.07, 6.45) is 1.43. The third-order valence-electron chi connectivity index (χ3n) is 9.25. The Labute approximate surface area is 339 Å². The Morgan fingerprint density at radius 3 is 1.58 bits per heavy atom. The summed E-state index contributed by atoms with van der Waals surface area (Å²) in [7, 11) is 0. The van der Waals surface area contributed by atoms with Gasteiger partial charge >= 0.3 is 11.9 Å². The molecule has 1 heterocycles. The van der Waals surface area contributed by atoms with Crippen molar-refractivity contribution >= 4 is 53.3 Å². The minimum absolute atomic E-state index is 0.00496. The molecule has 1 rings (SSSR count). The molecule has 1 fully saturated rings. The van der Waals surface area contributed by atoms with Crippen LogP contribution in [0.15, 0.2) is 0 Å². The standard InChI is InChI=1S/C35H59N7O17/c1-3-4-5-6-7-8-9-10-11-14-22(46)39-24(26(47)34(55)56)31(52)38-21(17-44)29(50)41-25(27(48)35(57)58)32(53)40-23(18(2)45)30(51)37-20(16-43)28(49)36-19-13-12-15-42(59)33(19)54/h18-21,23-27,43-45,47-48,59H,3-17H2,1-2H3,(H,36,49)(H,37,51)(H,38,52)(H,39,46)(H,40,53)(H,41,50)(H,55,56)(H,57,58)/t18-,19-,20-,21-,23+,24?,25?,26?,27?/m0/s1. The average Bonchev–Trinajstić information content (AvgIpc) is 3.18. The molecule has 24 heteroatoms. The quantitative estimate of drug-likeness (QED) is 0.0259. The molecule has 4 unspecified atom stereocenters. The lowest BCUT2D eigenvalue weighted by Crippen LogP contribution is -2.65. The number of hydroxylamine groups is 2. The number of carboxylic acids is 2. The van der Waals surface area contributed by atoms with Crippen molar-refractivity contribution in [3.05, 3.63) is 0 Å². The third kappa shape index (κ3) is 17.8. The zero-order valence-corrected chi connectivity index (χ0v) is 33.0. The predicted molar refractivity (Wildman–Crippen MR) is 199 cm³/mol. The van der Waals surface area contributed by atoms with Crippen LogP contribution in [0.1, 0.15) is 90.9 Å². The van der Waals surface area contributed by atoms with Gasteiger partial charge < -0.3 is 67.6 Å². The Hall–Kier alpha value is -5.01. The minimum Gasteiger partial charge on any atom is -0.479 e. The molecule has 0 bridgehead atoms. The van der Waals surface area contributed by atoms with Gasteiger partial charge in [0, 0.05) is 13.0 Å². The fourth-order valence-corrected chi connectivity index (χ4v) is 5.78. The zero-order valence-electron chi connectivity index (χ0n) is 33.0. The normalized spacial score (nSPS) is 18.1. The van der Waals surface area contributed by atoms with Gasteiger partial charge in [-0.25, -0.2) is 14.7 Å². The molecule has 0 aromatic heterocycles. The molecule has 14 N–H and O–H groups in total. The van der Waals surface area contributed by atoms with Crippen molar-refractivity contribution in [1.29, 1.82) is 0 Å². The van der Waals surface area contributed by atoms with E-state index in [4.69, 9.17) is 0 Å². The highest BCUT2D eigenvalue weighted by atomic mass is 16.5. The number of nitrogens with one attached hydrogen (secondary N) is 6. The van der Waals surface area contributed by atoms with E-state index in [1.54, 1.807) is 5.32 Å². The molecule has 1 saturated heterocycles. The van der Waals surface area contributed by atoms with E-state index in [1.165, 1.54) is 0 Å². The number of carbonyl (C=O) groups is 9. The van der Waals surface area contributed by atoms with Gasteiger partial charge in [0.1, 0.15) is 36.3 Å². The molecule has 0 aromatic rings. The van der Waals surface area contributed by atoms with E-state index >= 15 is 0 Å². The lowest BCUT2D eigenvalue weighted by Gasteiger charge is -2.30. The van der Waals surface area contributed by atoms with Crippen LogP contribution in [0.5, 0.6) is 0 Å². The van der Waals surface area contributed by atoms with Gasteiger partial charge in [0.15, 0.2) is 12.2 Å². The van der Waals surface area contributed by atoms with E-state index in [0.29, 0.717) is 24.3 Å². The summed E-state index contributed by atoms with van der Waals surface area (Å²) in [5.74, 6) is -12.9. The van der Waals surface area contributed by atoms with Crippen LogP contribution in [-0.2, 0) is 43.2 Å². The first kappa shape index (κ1) is 52.0. The SMILES string of the molecule is CCCCCCCCCCCC(=O)NC(C(=O)N[C@@H](CO)C(=O)NC(C(=O)N[C@@H](C(=O)N[C@@H](CO)C(=O)N[C@H]1CCCN(O)C1=O)[C@H](C)O)C(O)C(=O)O)C(O)C(=O)O. The van der Waals surface area contributed by atoms with Gasteiger partial charge in [0.05, 0.1) is 19.3 Å². The molecule has 1 aliphatic heterocycles. The predicted octanol–water partition coefficient (Wildman–Crippen LogP) is -4.92. The van der Waals surface area contributed by atoms with Crippen LogP contribution in [0.3, 0.4) is 0 Å². The lowest BCUT2D eigenvalue weighted by atomic mass is 10.1. The third-order valence-corrected chi connectivity index (χ3v) is 9.25. The highest BCUT2D eigenvalue weighted by molar-refractivity contribution is 5.99. The van der Waals surface area contributed by atoms with Crippen LogP contribution in [0.2, 0.25) is 0 Å². The van der Waals surface area contributed by atoms with Crippen molar-refractivity contribution < 1.29 is 84.1 Å². The van der Waals surface area contributed by atoms with Crippen molar-refractivity contribution in [2.24, 2.45) is 0 Å². The number of hydrogen-bond donors (Lipinski definition) is 14. The molecule has 336 valence electrons. The summed E-state index contributed by atoms with van der Waals surface area (Å²) in [4.78, 5) is 113. The van der Waals surface area contributed by atoms with Gasteiger partial charge in [-0.1, -0.05) is 58.3 Å².